The summed E-state index contributed by atoms with van der Waals surface area (Å²) in [5.41, 5.74) is 4.04. The number of aliphatic hydroxyl groups is 1. The van der Waals surface area contributed by atoms with Crippen molar-refractivity contribution < 1.29 is 28.6 Å². The summed E-state index contributed by atoms with van der Waals surface area (Å²) >= 11 is 6.15. The van der Waals surface area contributed by atoms with Gasteiger partial charge in [0.2, 0.25) is 0 Å². The number of fused-ring (bicyclic) bond motifs is 2. The fourth-order valence-electron chi connectivity index (χ4n) is 5.68. The molecule has 222 valence electrons. The first-order chi connectivity index (χ1) is 19.7. The van der Waals surface area contributed by atoms with Crippen molar-refractivity contribution >= 4 is 42.0 Å². The molecule has 41 heavy (non-hydrogen) atoms. The molecule has 9 nitrogen and oxygen atoms in total. The van der Waals surface area contributed by atoms with E-state index < -0.39 is 37.6 Å². The van der Waals surface area contributed by atoms with E-state index in [1.807, 2.05) is 22.8 Å². The molecule has 12 heteroatoms. The first-order valence-corrected chi connectivity index (χ1v) is 19.9. The van der Waals surface area contributed by atoms with Crippen LogP contribution in [0.4, 0.5) is 0 Å². The van der Waals surface area contributed by atoms with Crippen LogP contribution in [0.2, 0.25) is 30.7 Å². The molecule has 4 atom stereocenters. The molecule has 3 fully saturated rings. The van der Waals surface area contributed by atoms with Gasteiger partial charge in [-0.2, -0.15) is 4.98 Å². The molecular formula is C29H38ClN3O6SSi. The molecule has 2 aromatic heterocycles. The Kier molecular flexibility index (Phi) is 8.68. The molecule has 0 unspecified atom stereocenters. The highest BCUT2D eigenvalue weighted by Crippen LogP contribution is 2.35. The van der Waals surface area contributed by atoms with Crippen LogP contribution in [0.1, 0.15) is 24.3 Å². The summed E-state index contributed by atoms with van der Waals surface area (Å²) in [5.74, 6) is 1.98. The van der Waals surface area contributed by atoms with Crippen LogP contribution in [0.3, 0.4) is 0 Å². The Morgan fingerprint density at radius 2 is 1.83 bits per heavy atom. The van der Waals surface area contributed by atoms with Crippen LogP contribution >= 0.6 is 11.6 Å². The molecule has 0 bridgehead atoms. The third-order valence-electron chi connectivity index (χ3n) is 8.16. The number of nitrogens with zero attached hydrogens (tertiary/aromatic N) is 3. The van der Waals surface area contributed by atoms with E-state index in [1.54, 1.807) is 0 Å². The number of imidazole rings is 1. The number of halogens is 1. The summed E-state index contributed by atoms with van der Waals surface area (Å²) in [7, 11) is -1.25. The molecule has 1 aromatic carbocycles. The maximum atomic E-state index is 11.8. The maximum absolute atomic E-state index is 11.8. The molecule has 1 N–H and O–H groups in total. The van der Waals surface area contributed by atoms with E-state index in [2.05, 4.69) is 31.8 Å². The van der Waals surface area contributed by atoms with Crippen LogP contribution in [0.25, 0.3) is 22.4 Å². The average Bonchev–Trinajstić information content (AvgIpc) is 3.61. The van der Waals surface area contributed by atoms with Crippen LogP contribution < -0.4 is 4.74 Å². The number of pyridine rings is 1. The van der Waals surface area contributed by atoms with Crippen LogP contribution in [0, 0.1) is 0 Å². The zero-order valence-electron chi connectivity index (χ0n) is 23.8. The number of rotatable bonds is 9. The predicted molar refractivity (Wildman–Crippen MR) is 162 cm³/mol. The second kappa shape index (κ2) is 12.1. The lowest BCUT2D eigenvalue weighted by Gasteiger charge is -2.24. The van der Waals surface area contributed by atoms with E-state index in [1.165, 1.54) is 5.56 Å². The Morgan fingerprint density at radius 3 is 2.56 bits per heavy atom. The minimum Gasteiger partial charge on any atom is -0.616 e. The minimum atomic E-state index is -1.25. The van der Waals surface area contributed by atoms with E-state index in [9.17, 15) is 9.66 Å². The second-order valence-corrected chi connectivity index (χ2v) is 20.1. The Labute approximate surface area is 249 Å². The van der Waals surface area contributed by atoms with Gasteiger partial charge in [-0.05, 0) is 36.4 Å². The number of aromatic nitrogens is 3. The van der Waals surface area contributed by atoms with E-state index in [0.717, 1.165) is 41.5 Å². The zero-order valence-corrected chi connectivity index (χ0v) is 26.3. The molecule has 0 spiro atoms. The number of ether oxygens (including phenoxy) is 4. The van der Waals surface area contributed by atoms with Crippen molar-refractivity contribution in [2.75, 3.05) is 31.3 Å². The van der Waals surface area contributed by atoms with Gasteiger partial charge >= 0.3 is 6.01 Å². The fourth-order valence-corrected chi connectivity index (χ4v) is 7.99. The summed E-state index contributed by atoms with van der Waals surface area (Å²) < 4.78 is 37.6. The Bertz CT molecular complexity index is 1360. The molecule has 3 aliphatic heterocycles. The monoisotopic (exact) mass is 619 g/mol. The van der Waals surface area contributed by atoms with Crippen molar-refractivity contribution in [1.29, 1.82) is 0 Å². The molecule has 0 radical (unpaired) electrons. The van der Waals surface area contributed by atoms with Crippen molar-refractivity contribution in [3.8, 4) is 17.3 Å². The maximum Gasteiger partial charge on any atom is 0.301 e. The number of hydrogen-bond acceptors (Lipinski definition) is 8. The topological polar surface area (TPSA) is 111 Å². The molecule has 3 saturated heterocycles. The highest BCUT2D eigenvalue weighted by molar-refractivity contribution is 7.91. The lowest BCUT2D eigenvalue weighted by molar-refractivity contribution is 0.00339. The van der Waals surface area contributed by atoms with Gasteiger partial charge in [0.1, 0.15) is 36.5 Å². The molecule has 5 heterocycles. The second-order valence-electron chi connectivity index (χ2n) is 12.4. The molecule has 0 amide bonds. The predicted octanol–water partition coefficient (Wildman–Crippen LogP) is 4.60. The molecular weight excluding hydrogens is 582 g/mol. The van der Waals surface area contributed by atoms with Crippen molar-refractivity contribution in [1.82, 2.24) is 14.5 Å². The summed E-state index contributed by atoms with van der Waals surface area (Å²) in [6.45, 7) is 8.38. The number of hydrogen-bond donors (Lipinski definition) is 1. The van der Waals surface area contributed by atoms with Crippen molar-refractivity contribution in [2.24, 2.45) is 0 Å². The molecule has 6 rings (SSSR count). The van der Waals surface area contributed by atoms with Gasteiger partial charge in [0, 0.05) is 20.2 Å². The smallest absolute Gasteiger partial charge is 0.301 e. The highest BCUT2D eigenvalue weighted by atomic mass is 35.5. The summed E-state index contributed by atoms with van der Waals surface area (Å²) in [6.07, 6.45) is 0.0802. The normalized spacial score (nSPS) is 28.3. The Balaban J connectivity index is 1.27. The third kappa shape index (κ3) is 6.47. The van der Waals surface area contributed by atoms with Crippen LogP contribution in [0.5, 0.6) is 6.01 Å². The van der Waals surface area contributed by atoms with Crippen molar-refractivity contribution in [3.05, 3.63) is 40.9 Å². The SMILES string of the molecule is C[Si](C)(C)CCOCn1c(O[C@@H]2CO[C@H]3[C@@H]2OC[C@H]3O)nc2nc(-c3ccc(C4CC[S+]([O-])CC4)cc3)c(Cl)cc21. The van der Waals surface area contributed by atoms with E-state index in [-0.39, 0.29) is 19.4 Å². The first-order valence-electron chi connectivity index (χ1n) is 14.3. The molecule has 3 aliphatic rings. The lowest BCUT2D eigenvalue weighted by atomic mass is 9.92. The average molecular weight is 620 g/mol. The fraction of sp³-hybridized carbons (Fsp3) is 0.586. The van der Waals surface area contributed by atoms with Gasteiger partial charge < -0.3 is 28.6 Å². The van der Waals surface area contributed by atoms with Gasteiger partial charge in [0.15, 0.2) is 11.8 Å². The lowest BCUT2D eigenvalue weighted by Crippen LogP contribution is -2.35. The van der Waals surface area contributed by atoms with E-state index >= 15 is 0 Å². The quantitative estimate of drug-likeness (QED) is 0.210. The van der Waals surface area contributed by atoms with Crippen LogP contribution in [0.15, 0.2) is 30.3 Å². The van der Waals surface area contributed by atoms with Crippen LogP contribution in [-0.4, -0.2) is 88.0 Å². The van der Waals surface area contributed by atoms with Gasteiger partial charge in [0.05, 0.1) is 29.4 Å². The Morgan fingerprint density at radius 1 is 1.10 bits per heavy atom. The third-order valence-corrected chi connectivity index (χ3v) is 11.5. The van der Waals surface area contributed by atoms with Crippen LogP contribution in [-0.2, 0) is 32.1 Å². The van der Waals surface area contributed by atoms with E-state index in [4.69, 9.17) is 40.5 Å². The first kappa shape index (κ1) is 29.4. The molecule has 3 aromatic rings. The number of benzene rings is 1. The highest BCUT2D eigenvalue weighted by Gasteiger charge is 2.49. The van der Waals surface area contributed by atoms with E-state index in [0.29, 0.717) is 41.5 Å². The van der Waals surface area contributed by atoms with Crippen molar-refractivity contribution in [2.45, 2.75) is 75.6 Å². The molecule has 0 aliphatic carbocycles. The van der Waals surface area contributed by atoms with Gasteiger partial charge in [-0.25, -0.2) is 4.98 Å². The summed E-state index contributed by atoms with van der Waals surface area (Å²) in [5, 5.41) is 10.7. The van der Waals surface area contributed by atoms with Crippen molar-refractivity contribution in [3.63, 3.8) is 0 Å². The summed E-state index contributed by atoms with van der Waals surface area (Å²) in [6, 6.07) is 11.6. The van der Waals surface area contributed by atoms with Gasteiger partial charge in [-0.1, -0.05) is 66.7 Å². The minimum absolute atomic E-state index is 0.227. The molecule has 0 saturated carbocycles. The van der Waals surface area contributed by atoms with Gasteiger partial charge in [-0.15, -0.1) is 0 Å². The largest absolute Gasteiger partial charge is 0.616 e. The summed E-state index contributed by atoms with van der Waals surface area (Å²) in [4.78, 5) is 9.62. The number of aliphatic hydroxyl groups excluding tert-OH is 1. The van der Waals surface area contributed by atoms with Gasteiger partial charge in [-0.3, -0.25) is 4.57 Å². The standard InChI is InChI=1S/C29H38ClN3O6SSi/c1-41(2,3)13-10-36-17-33-22-14-21(30)25(20-6-4-18(5-7-20)19-8-11-40(35)12-9-19)31-28(22)32-29(33)39-24-16-38-26-23(34)15-37-27(24)26/h4-7,14,19,23-24,26-27,34H,8-13,15-17H2,1-3H3/t19?,23-,24-,26-,27-,40?/m1/s1. The Hall–Kier alpha value is -1.70. The zero-order chi connectivity index (χ0) is 28.7. The van der Waals surface area contributed by atoms with Gasteiger partial charge in [0.25, 0.3) is 0 Å².